The maximum atomic E-state index is 13.0. The fourth-order valence-corrected chi connectivity index (χ4v) is 5.11. The highest BCUT2D eigenvalue weighted by Crippen LogP contribution is 2.30. The van der Waals surface area contributed by atoms with Crippen LogP contribution in [0, 0.1) is 6.92 Å². The first-order valence-electron chi connectivity index (χ1n) is 9.14. The predicted octanol–water partition coefficient (Wildman–Crippen LogP) is 2.48. The molecule has 1 fully saturated rings. The van der Waals surface area contributed by atoms with E-state index in [2.05, 4.69) is 0 Å². The van der Waals surface area contributed by atoms with Crippen molar-refractivity contribution in [3.8, 4) is 0 Å². The van der Waals surface area contributed by atoms with Crippen LogP contribution in [0.25, 0.3) is 10.2 Å². The van der Waals surface area contributed by atoms with E-state index in [0.29, 0.717) is 21.6 Å². The molecule has 0 radical (unpaired) electrons. The number of amides is 1. The summed E-state index contributed by atoms with van der Waals surface area (Å²) in [7, 11) is 0. The lowest BCUT2D eigenvalue weighted by molar-refractivity contribution is 0.0713. The fraction of sp³-hybridized carbons (Fsp3) is 0.611. The monoisotopic (exact) mass is 396 g/mol. The first kappa shape index (κ1) is 19.3. The molecule has 0 spiro atoms. The molecular weight excluding hydrogens is 372 g/mol. The second kappa shape index (κ2) is 7.66. The normalized spacial score (nSPS) is 20.4. The molecule has 0 aliphatic carbocycles. The molecule has 6 nitrogen and oxygen atoms in total. The molecule has 1 unspecified atom stereocenters. The van der Waals surface area contributed by atoms with Gasteiger partial charge in [-0.2, -0.15) is 0 Å². The average Bonchev–Trinajstić information content (AvgIpc) is 2.77. The van der Waals surface area contributed by atoms with Gasteiger partial charge >= 0.3 is 0 Å². The van der Waals surface area contributed by atoms with Gasteiger partial charge in [0.15, 0.2) is 0 Å². The smallest absolute Gasteiger partial charge is 0.264 e. The quantitative estimate of drug-likeness (QED) is 0.802. The highest BCUT2D eigenvalue weighted by Gasteiger charge is 2.27. The standard InChI is InChI=1S/C18H24N4O2S.ClH/c1-11-14-16(20-13-7-3-2-4-9-22(13)17(14)23)25-15(11)18(24)21-8-5-6-12(19)10-21;/h12H,2-10,19H2,1H3;1H. The number of nitrogens with two attached hydrogens (primary N) is 1. The minimum Gasteiger partial charge on any atom is -0.336 e. The molecule has 2 aromatic rings. The van der Waals surface area contributed by atoms with Crippen LogP contribution in [-0.2, 0) is 13.0 Å². The van der Waals surface area contributed by atoms with Crippen molar-refractivity contribution in [2.45, 2.75) is 58.0 Å². The fourth-order valence-electron chi connectivity index (χ4n) is 3.95. The third-order valence-electron chi connectivity index (χ3n) is 5.35. The number of piperidine rings is 1. The first-order valence-corrected chi connectivity index (χ1v) is 9.95. The molecule has 4 heterocycles. The lowest BCUT2D eigenvalue weighted by Crippen LogP contribution is -2.45. The molecule has 2 aliphatic rings. The van der Waals surface area contributed by atoms with Gasteiger partial charge in [0.25, 0.3) is 11.5 Å². The molecule has 142 valence electrons. The largest absolute Gasteiger partial charge is 0.336 e. The summed E-state index contributed by atoms with van der Waals surface area (Å²) in [6.07, 6.45) is 5.96. The summed E-state index contributed by atoms with van der Waals surface area (Å²) < 4.78 is 1.82. The number of aryl methyl sites for hydroxylation is 2. The van der Waals surface area contributed by atoms with E-state index in [1.807, 2.05) is 16.4 Å². The first-order chi connectivity index (χ1) is 12.1. The van der Waals surface area contributed by atoms with Crippen molar-refractivity contribution in [3.63, 3.8) is 0 Å². The van der Waals surface area contributed by atoms with Gasteiger partial charge in [0, 0.05) is 32.1 Å². The van der Waals surface area contributed by atoms with Gasteiger partial charge in [-0.05, 0) is 38.2 Å². The van der Waals surface area contributed by atoms with Crippen molar-refractivity contribution in [1.82, 2.24) is 14.5 Å². The Balaban J connectivity index is 0.00000196. The number of aromatic nitrogens is 2. The van der Waals surface area contributed by atoms with Crippen molar-refractivity contribution >= 4 is 39.9 Å². The van der Waals surface area contributed by atoms with Crippen LogP contribution in [-0.4, -0.2) is 39.5 Å². The Bertz CT molecular complexity index is 891. The Hall–Kier alpha value is -1.44. The van der Waals surface area contributed by atoms with Crippen LogP contribution in [0.2, 0.25) is 0 Å². The molecule has 1 atom stereocenters. The summed E-state index contributed by atoms with van der Waals surface area (Å²) in [5.74, 6) is 0.866. The molecule has 1 saturated heterocycles. The van der Waals surface area contributed by atoms with Gasteiger partial charge in [0.2, 0.25) is 0 Å². The Labute approximate surface area is 162 Å². The van der Waals surface area contributed by atoms with E-state index in [1.165, 1.54) is 11.3 Å². The molecule has 2 aromatic heterocycles. The maximum Gasteiger partial charge on any atom is 0.264 e. The average molecular weight is 397 g/mol. The van der Waals surface area contributed by atoms with Crippen molar-refractivity contribution in [2.24, 2.45) is 5.73 Å². The van der Waals surface area contributed by atoms with Gasteiger partial charge in [-0.3, -0.25) is 14.2 Å². The van der Waals surface area contributed by atoms with Gasteiger partial charge in [0.1, 0.15) is 10.7 Å². The number of carbonyl (C=O) groups excluding carboxylic acids is 1. The lowest BCUT2D eigenvalue weighted by Gasteiger charge is -2.30. The van der Waals surface area contributed by atoms with Gasteiger partial charge in [0.05, 0.1) is 10.3 Å². The number of hydrogen-bond donors (Lipinski definition) is 1. The van der Waals surface area contributed by atoms with Crippen LogP contribution in [0.15, 0.2) is 4.79 Å². The predicted molar refractivity (Wildman–Crippen MR) is 107 cm³/mol. The number of halogens is 1. The molecule has 0 bridgehead atoms. The summed E-state index contributed by atoms with van der Waals surface area (Å²) in [5.41, 5.74) is 6.82. The van der Waals surface area contributed by atoms with E-state index in [9.17, 15) is 9.59 Å². The number of hydrogen-bond acceptors (Lipinski definition) is 5. The number of rotatable bonds is 1. The Kier molecular flexibility index (Phi) is 5.69. The van der Waals surface area contributed by atoms with Crippen LogP contribution in [0.5, 0.6) is 0 Å². The SMILES string of the molecule is Cc1c(C(=O)N2CCCC(N)C2)sc2nc3n(c(=O)c12)CCCCC3.Cl. The summed E-state index contributed by atoms with van der Waals surface area (Å²) in [5, 5.41) is 0.625. The third-order valence-corrected chi connectivity index (χ3v) is 6.52. The van der Waals surface area contributed by atoms with E-state index < -0.39 is 0 Å². The zero-order valence-electron chi connectivity index (χ0n) is 15.0. The van der Waals surface area contributed by atoms with Crippen LogP contribution in [0.3, 0.4) is 0 Å². The molecule has 8 heteroatoms. The summed E-state index contributed by atoms with van der Waals surface area (Å²) in [6.45, 7) is 3.94. The van der Waals surface area contributed by atoms with Gasteiger partial charge < -0.3 is 10.6 Å². The summed E-state index contributed by atoms with van der Waals surface area (Å²) in [6, 6.07) is 0.0483. The zero-order valence-corrected chi connectivity index (χ0v) is 16.6. The van der Waals surface area contributed by atoms with E-state index in [1.54, 1.807) is 0 Å². The molecule has 2 aliphatic heterocycles. The van der Waals surface area contributed by atoms with E-state index in [-0.39, 0.29) is 29.9 Å². The molecule has 1 amide bonds. The van der Waals surface area contributed by atoms with Crippen molar-refractivity contribution < 1.29 is 4.79 Å². The summed E-state index contributed by atoms with van der Waals surface area (Å²) >= 11 is 1.36. The number of thiophene rings is 1. The molecular formula is C18H25ClN4O2S. The molecule has 0 aromatic carbocycles. The van der Waals surface area contributed by atoms with Crippen molar-refractivity contribution in [3.05, 3.63) is 26.6 Å². The number of nitrogens with zero attached hydrogens (tertiary/aromatic N) is 3. The Morgan fingerprint density at radius 1 is 1.23 bits per heavy atom. The second-order valence-corrected chi connectivity index (χ2v) is 8.18. The third kappa shape index (κ3) is 3.28. The molecule has 4 rings (SSSR count). The van der Waals surface area contributed by atoms with Gasteiger partial charge in [-0.25, -0.2) is 4.98 Å². The highest BCUT2D eigenvalue weighted by molar-refractivity contribution is 7.20. The van der Waals surface area contributed by atoms with Crippen LogP contribution < -0.4 is 11.3 Å². The minimum atomic E-state index is -0.00440. The topological polar surface area (TPSA) is 81.2 Å². The van der Waals surface area contributed by atoms with Crippen LogP contribution in [0.1, 0.15) is 53.2 Å². The second-order valence-electron chi connectivity index (χ2n) is 7.19. The zero-order chi connectivity index (χ0) is 17.6. The Morgan fingerprint density at radius 2 is 2.04 bits per heavy atom. The molecule has 26 heavy (non-hydrogen) atoms. The van der Waals surface area contributed by atoms with Gasteiger partial charge in [-0.15, -0.1) is 23.7 Å². The number of fused-ring (bicyclic) bond motifs is 2. The molecule has 2 N–H and O–H groups in total. The number of carbonyl (C=O) groups is 1. The summed E-state index contributed by atoms with van der Waals surface area (Å²) in [4.78, 5) is 33.9. The van der Waals surface area contributed by atoms with Crippen molar-refractivity contribution in [2.75, 3.05) is 13.1 Å². The molecule has 0 saturated carbocycles. The van der Waals surface area contributed by atoms with Crippen LogP contribution in [0.4, 0.5) is 0 Å². The lowest BCUT2D eigenvalue weighted by atomic mass is 10.1. The van der Waals surface area contributed by atoms with Crippen molar-refractivity contribution in [1.29, 1.82) is 0 Å². The number of likely N-dealkylation sites (tertiary alicyclic amines) is 1. The maximum absolute atomic E-state index is 13.0. The van der Waals surface area contributed by atoms with E-state index in [4.69, 9.17) is 10.7 Å². The van der Waals surface area contributed by atoms with E-state index in [0.717, 1.165) is 63.0 Å². The van der Waals surface area contributed by atoms with Crippen LogP contribution >= 0.6 is 23.7 Å². The van der Waals surface area contributed by atoms with E-state index >= 15 is 0 Å². The Morgan fingerprint density at radius 3 is 2.81 bits per heavy atom. The highest BCUT2D eigenvalue weighted by atomic mass is 35.5. The van der Waals surface area contributed by atoms with Gasteiger partial charge in [-0.1, -0.05) is 6.42 Å². The minimum absolute atomic E-state index is 0.